The van der Waals surface area contributed by atoms with Gasteiger partial charge in [0.25, 0.3) is 0 Å². The molecule has 43 heavy (non-hydrogen) atoms. The van der Waals surface area contributed by atoms with Crippen molar-refractivity contribution in [1.29, 1.82) is 0 Å². The minimum atomic E-state index is -3.70. The number of carbonyl (C=O) groups is 1. The number of nitrogens with zero attached hydrogens (tertiary/aromatic N) is 2. The molecule has 1 aliphatic carbocycles. The maximum Gasteiger partial charge on any atom is 0.243 e. The first-order valence-electron chi connectivity index (χ1n) is 14.3. The van der Waals surface area contributed by atoms with Crippen LogP contribution in [-0.4, -0.2) is 47.9 Å². The van der Waals surface area contributed by atoms with Crippen molar-refractivity contribution in [1.82, 2.24) is 9.29 Å². The van der Waals surface area contributed by atoms with E-state index in [0.717, 1.165) is 17.5 Å². The van der Waals surface area contributed by atoms with Crippen molar-refractivity contribution in [3.05, 3.63) is 107 Å². The topological polar surface area (TPSA) is 109 Å². The number of aliphatic hydroxyl groups excluding tert-OH is 1. The number of anilines is 1. The predicted molar refractivity (Wildman–Crippen MR) is 172 cm³/mol. The Morgan fingerprint density at radius 2 is 1.81 bits per heavy atom. The molecular formula is C33H38ClN3O5S. The van der Waals surface area contributed by atoms with E-state index < -0.39 is 15.4 Å². The van der Waals surface area contributed by atoms with Crippen molar-refractivity contribution in [3.8, 4) is 17.0 Å². The van der Waals surface area contributed by atoms with Crippen LogP contribution in [0.1, 0.15) is 41.1 Å². The number of aromatic nitrogens is 1. The Bertz CT molecular complexity index is 1740. The molecule has 1 amide bonds. The summed E-state index contributed by atoms with van der Waals surface area (Å²) in [6.07, 6.45) is 2.77. The second kappa shape index (κ2) is 12.1. The van der Waals surface area contributed by atoms with E-state index in [9.17, 15) is 18.3 Å². The number of hydrogen-bond donors (Lipinski definition) is 2. The molecule has 0 spiro atoms. The number of pyridine rings is 1. The standard InChI is InChI=1S/C33H32ClN3O5S.3H2/c34-28-16-13-25(20-30(28)42-22-23-6-2-1-3-7-23)33(17-18-33)32(39)36-31-10-4-9-29(35-31)24-11-14-27(15-12-24)43(40,41)37-19-5-8-26(37)21-38;;;/h1-4,6-7,9-16,20,26,38H,5,8,17-19,21-22H2,(H,35,36,39);3*1H/t26-;;;/m1.../s1. The molecule has 228 valence electrons. The van der Waals surface area contributed by atoms with E-state index in [1.54, 1.807) is 42.5 Å². The number of nitrogens with one attached hydrogen (secondary N) is 1. The Balaban J connectivity index is 0.00000192. The van der Waals surface area contributed by atoms with Crippen LogP contribution in [0.25, 0.3) is 11.3 Å². The minimum absolute atomic E-state index is 0. The zero-order valence-corrected chi connectivity index (χ0v) is 25.0. The first kappa shape index (κ1) is 29.3. The second-order valence-electron chi connectivity index (χ2n) is 11.0. The number of aliphatic hydroxyl groups is 1. The minimum Gasteiger partial charge on any atom is -0.487 e. The lowest BCUT2D eigenvalue weighted by molar-refractivity contribution is -0.118. The lowest BCUT2D eigenvalue weighted by Gasteiger charge is -2.22. The molecule has 6 rings (SSSR count). The van der Waals surface area contributed by atoms with Gasteiger partial charge in [0.1, 0.15) is 18.2 Å². The van der Waals surface area contributed by atoms with Gasteiger partial charge < -0.3 is 15.2 Å². The third kappa shape index (κ3) is 6.03. The third-order valence-corrected chi connectivity index (χ3v) is 10.5. The molecule has 1 saturated carbocycles. The summed E-state index contributed by atoms with van der Waals surface area (Å²) in [7, 11) is -3.70. The largest absolute Gasteiger partial charge is 0.487 e. The van der Waals surface area contributed by atoms with Crippen LogP contribution < -0.4 is 10.1 Å². The van der Waals surface area contributed by atoms with Crippen molar-refractivity contribution in [3.63, 3.8) is 0 Å². The van der Waals surface area contributed by atoms with E-state index in [1.807, 2.05) is 48.5 Å². The van der Waals surface area contributed by atoms with Gasteiger partial charge in [-0.25, -0.2) is 13.4 Å². The monoisotopic (exact) mass is 623 g/mol. The van der Waals surface area contributed by atoms with E-state index in [1.165, 1.54) is 4.31 Å². The molecule has 8 nitrogen and oxygen atoms in total. The fourth-order valence-corrected chi connectivity index (χ4v) is 7.42. The van der Waals surface area contributed by atoms with E-state index in [-0.39, 0.29) is 27.7 Å². The van der Waals surface area contributed by atoms with Crippen molar-refractivity contribution in [2.24, 2.45) is 0 Å². The number of benzene rings is 3. The highest BCUT2D eigenvalue weighted by Gasteiger charge is 2.51. The lowest BCUT2D eigenvalue weighted by atomic mass is 9.94. The molecule has 3 aromatic carbocycles. The van der Waals surface area contributed by atoms with Gasteiger partial charge in [0.05, 0.1) is 27.6 Å². The maximum absolute atomic E-state index is 13.5. The summed E-state index contributed by atoms with van der Waals surface area (Å²) in [5, 5.41) is 13.0. The molecule has 2 fully saturated rings. The van der Waals surface area contributed by atoms with Crippen molar-refractivity contribution < 1.29 is 27.3 Å². The van der Waals surface area contributed by atoms with Crippen LogP contribution in [0.15, 0.2) is 95.9 Å². The Hall–Kier alpha value is -3.76. The quantitative estimate of drug-likeness (QED) is 0.208. The summed E-state index contributed by atoms with van der Waals surface area (Å²) >= 11 is 6.42. The summed E-state index contributed by atoms with van der Waals surface area (Å²) in [4.78, 5) is 18.3. The van der Waals surface area contributed by atoms with Crippen LogP contribution in [0.4, 0.5) is 5.82 Å². The molecule has 1 saturated heterocycles. The Morgan fingerprint density at radius 3 is 2.53 bits per heavy atom. The average Bonchev–Trinajstić information content (AvgIpc) is 3.70. The molecule has 0 bridgehead atoms. The van der Waals surface area contributed by atoms with E-state index >= 15 is 0 Å². The smallest absolute Gasteiger partial charge is 0.243 e. The van der Waals surface area contributed by atoms with Crippen molar-refractivity contribution in [2.45, 2.75) is 48.6 Å². The molecule has 1 atom stereocenters. The highest BCUT2D eigenvalue weighted by atomic mass is 35.5. The molecule has 1 aliphatic heterocycles. The highest BCUT2D eigenvalue weighted by Crippen LogP contribution is 2.50. The Labute approximate surface area is 260 Å². The number of hydrogen-bond acceptors (Lipinski definition) is 6. The van der Waals surface area contributed by atoms with E-state index in [2.05, 4.69) is 10.3 Å². The van der Waals surface area contributed by atoms with E-state index in [4.69, 9.17) is 16.3 Å². The SMILES string of the molecule is O=C(Nc1cccc(-c2ccc(S(=O)(=O)N3CCC[C@@H]3CO)cc2)n1)C1(c2ccc(Cl)c(OCc3ccccc3)c2)CC1.[HH].[HH].[HH]. The molecular weight excluding hydrogens is 586 g/mol. The molecule has 2 N–H and O–H groups in total. The predicted octanol–water partition coefficient (Wildman–Crippen LogP) is 6.53. The molecule has 0 unspecified atom stereocenters. The fourth-order valence-electron chi connectivity index (χ4n) is 5.56. The Kier molecular flexibility index (Phi) is 8.24. The maximum atomic E-state index is 13.5. The summed E-state index contributed by atoms with van der Waals surface area (Å²) in [6, 6.07) is 26.8. The van der Waals surface area contributed by atoms with Crippen LogP contribution in [0, 0.1) is 0 Å². The molecule has 10 heteroatoms. The Morgan fingerprint density at radius 1 is 1.05 bits per heavy atom. The van der Waals surface area contributed by atoms with Gasteiger partial charge in [-0.3, -0.25) is 4.79 Å². The first-order chi connectivity index (χ1) is 20.8. The molecule has 2 heterocycles. The molecule has 2 aliphatic rings. The average molecular weight is 624 g/mol. The van der Waals surface area contributed by atoms with Crippen molar-refractivity contribution >= 4 is 33.3 Å². The van der Waals surface area contributed by atoms with Gasteiger partial charge in [0, 0.05) is 22.4 Å². The van der Waals surface area contributed by atoms with Gasteiger partial charge in [-0.05, 0) is 73.2 Å². The van der Waals surface area contributed by atoms with Gasteiger partial charge in [0.15, 0.2) is 0 Å². The summed E-state index contributed by atoms with van der Waals surface area (Å²) in [6.45, 7) is 0.578. The van der Waals surface area contributed by atoms with Crippen LogP contribution in [0.5, 0.6) is 5.75 Å². The number of rotatable bonds is 10. The van der Waals surface area contributed by atoms with Crippen LogP contribution in [-0.2, 0) is 26.8 Å². The number of halogens is 1. The number of carbonyl (C=O) groups excluding carboxylic acids is 1. The first-order valence-corrected chi connectivity index (χ1v) is 16.1. The summed E-state index contributed by atoms with van der Waals surface area (Å²) in [5.41, 5.74) is 2.49. The van der Waals surface area contributed by atoms with Crippen molar-refractivity contribution in [2.75, 3.05) is 18.5 Å². The normalized spacial score (nSPS) is 17.9. The highest BCUT2D eigenvalue weighted by molar-refractivity contribution is 7.89. The van der Waals surface area contributed by atoms with Crippen LogP contribution in [0.2, 0.25) is 5.02 Å². The van der Waals surface area contributed by atoms with E-state index in [0.29, 0.717) is 60.3 Å². The fraction of sp³-hybridized carbons (Fsp3) is 0.273. The van der Waals surface area contributed by atoms with Gasteiger partial charge >= 0.3 is 0 Å². The second-order valence-corrected chi connectivity index (χ2v) is 13.3. The third-order valence-electron chi connectivity index (χ3n) is 8.19. The molecule has 1 aromatic heterocycles. The van der Waals surface area contributed by atoms with Gasteiger partial charge in [0.2, 0.25) is 15.9 Å². The number of ether oxygens (including phenoxy) is 1. The number of amides is 1. The lowest BCUT2D eigenvalue weighted by Crippen LogP contribution is -2.37. The van der Waals surface area contributed by atoms with Gasteiger partial charge in [-0.15, -0.1) is 0 Å². The zero-order valence-electron chi connectivity index (χ0n) is 23.4. The zero-order chi connectivity index (χ0) is 30.0. The van der Waals surface area contributed by atoms with Gasteiger partial charge in [-0.1, -0.05) is 66.2 Å². The number of sulfonamides is 1. The summed E-state index contributed by atoms with van der Waals surface area (Å²) < 4.78 is 33.6. The molecule has 0 radical (unpaired) electrons. The summed E-state index contributed by atoms with van der Waals surface area (Å²) in [5.74, 6) is 0.783. The van der Waals surface area contributed by atoms with Crippen LogP contribution >= 0.6 is 11.6 Å². The van der Waals surface area contributed by atoms with Crippen LogP contribution in [0.3, 0.4) is 0 Å². The van der Waals surface area contributed by atoms with Gasteiger partial charge in [-0.2, -0.15) is 4.31 Å². The molecule has 4 aromatic rings.